The number of amides is 1. The first-order valence-corrected chi connectivity index (χ1v) is 8.18. The zero-order valence-electron chi connectivity index (χ0n) is 11.3. The van der Waals surface area contributed by atoms with Crippen LogP contribution < -0.4 is 5.32 Å². The van der Waals surface area contributed by atoms with Crippen LogP contribution in [-0.4, -0.2) is 54.2 Å². The maximum Gasteiger partial charge on any atom is 0.246 e. The Morgan fingerprint density at radius 2 is 2.32 bits per heavy atom. The fraction of sp³-hybridized carbons (Fsp3) is 0.750. The smallest absolute Gasteiger partial charge is 0.246 e. The van der Waals surface area contributed by atoms with Crippen molar-refractivity contribution in [2.75, 3.05) is 39.2 Å². The third-order valence-corrected chi connectivity index (χ3v) is 4.34. The first-order chi connectivity index (χ1) is 9.26. The molecule has 1 rings (SSSR count). The first-order valence-electron chi connectivity index (χ1n) is 6.16. The van der Waals surface area contributed by atoms with E-state index in [9.17, 15) is 4.79 Å². The molecule has 0 bridgehead atoms. The summed E-state index contributed by atoms with van der Waals surface area (Å²) in [6.45, 7) is 4.30. The molecule has 0 spiro atoms. The molecular formula is C12H20N2O3S2. The molecule has 1 saturated heterocycles. The van der Waals surface area contributed by atoms with Gasteiger partial charge in [-0.05, 0) is 18.2 Å². The van der Waals surface area contributed by atoms with Gasteiger partial charge in [0.15, 0.2) is 0 Å². The van der Waals surface area contributed by atoms with Crippen molar-refractivity contribution in [2.24, 2.45) is 0 Å². The van der Waals surface area contributed by atoms with Crippen LogP contribution in [0.1, 0.15) is 13.3 Å². The van der Waals surface area contributed by atoms with Gasteiger partial charge in [-0.2, -0.15) is 3.71 Å². The summed E-state index contributed by atoms with van der Waals surface area (Å²) in [5.41, 5.74) is 0.231. The standard InChI is InChI=1S/C12H20N2O3S2/c1-3-4-5-6-13-11(15)10-16-7-8-17-12-9-14(18-2)19-12/h12H,3,6-10H2,1-2H3,(H,13,15). The fourth-order valence-corrected chi connectivity index (χ4v) is 2.84. The Bertz CT molecular complexity index is 325. The molecule has 0 radical (unpaired) electrons. The summed E-state index contributed by atoms with van der Waals surface area (Å²) >= 11 is 3.37. The van der Waals surface area contributed by atoms with Gasteiger partial charge in [-0.1, -0.05) is 24.8 Å². The van der Waals surface area contributed by atoms with Crippen molar-refractivity contribution >= 4 is 29.8 Å². The van der Waals surface area contributed by atoms with Crippen molar-refractivity contribution in [1.29, 1.82) is 0 Å². The SMILES string of the molecule is CCC#CCNC(=O)COCCOC1CN(SC)S1. The molecule has 0 saturated carbocycles. The minimum Gasteiger partial charge on any atom is -0.369 e. The third kappa shape index (κ3) is 7.70. The second-order valence-electron chi connectivity index (χ2n) is 3.64. The second kappa shape index (κ2) is 10.4. The maximum atomic E-state index is 11.3. The van der Waals surface area contributed by atoms with Crippen molar-refractivity contribution in [2.45, 2.75) is 18.8 Å². The van der Waals surface area contributed by atoms with Crippen molar-refractivity contribution in [3.05, 3.63) is 0 Å². The van der Waals surface area contributed by atoms with E-state index in [-0.39, 0.29) is 18.0 Å². The summed E-state index contributed by atoms with van der Waals surface area (Å²) in [5, 5.41) is 2.66. The van der Waals surface area contributed by atoms with E-state index in [1.165, 1.54) is 0 Å². The molecule has 7 heteroatoms. The lowest BCUT2D eigenvalue weighted by Crippen LogP contribution is -2.36. The molecule has 1 heterocycles. The molecule has 1 N–H and O–H groups in total. The van der Waals surface area contributed by atoms with Gasteiger partial charge in [0.05, 0.1) is 26.3 Å². The number of nitrogens with zero attached hydrogens (tertiary/aromatic N) is 1. The lowest BCUT2D eigenvalue weighted by Gasteiger charge is -2.35. The number of hydrogen-bond acceptors (Lipinski definition) is 6. The first kappa shape index (κ1) is 16.7. The zero-order chi connectivity index (χ0) is 13.9. The van der Waals surface area contributed by atoms with Crippen LogP contribution in [0.5, 0.6) is 0 Å². The highest BCUT2D eigenvalue weighted by Gasteiger charge is 2.27. The monoisotopic (exact) mass is 304 g/mol. The predicted molar refractivity (Wildman–Crippen MR) is 79.4 cm³/mol. The molecule has 0 aromatic rings. The second-order valence-corrected chi connectivity index (χ2v) is 5.85. The predicted octanol–water partition coefficient (Wildman–Crippen LogP) is 1.12. The van der Waals surface area contributed by atoms with Crippen LogP contribution in [0.15, 0.2) is 0 Å². The molecule has 1 fully saturated rings. The molecule has 1 aliphatic heterocycles. The number of rotatable bonds is 8. The van der Waals surface area contributed by atoms with Crippen LogP contribution in [0.4, 0.5) is 0 Å². The van der Waals surface area contributed by atoms with Crippen LogP contribution in [0.2, 0.25) is 0 Å². The Balaban J connectivity index is 1.86. The Labute approximate surface area is 123 Å². The number of ether oxygens (including phenoxy) is 2. The molecular weight excluding hydrogens is 284 g/mol. The number of hydrogen-bond donors (Lipinski definition) is 1. The van der Waals surface area contributed by atoms with E-state index in [4.69, 9.17) is 9.47 Å². The quantitative estimate of drug-likeness (QED) is 0.412. The van der Waals surface area contributed by atoms with Gasteiger partial charge in [-0.15, -0.1) is 5.92 Å². The number of carbonyl (C=O) groups is 1. The van der Waals surface area contributed by atoms with Gasteiger partial charge >= 0.3 is 0 Å². The highest BCUT2D eigenvalue weighted by molar-refractivity contribution is 8.13. The highest BCUT2D eigenvalue weighted by Crippen LogP contribution is 2.35. The molecule has 0 aromatic carbocycles. The molecule has 1 aliphatic rings. The van der Waals surface area contributed by atoms with Crippen molar-refractivity contribution in [3.63, 3.8) is 0 Å². The van der Waals surface area contributed by atoms with E-state index >= 15 is 0 Å². The van der Waals surface area contributed by atoms with Gasteiger partial charge in [-0.25, -0.2) is 0 Å². The van der Waals surface area contributed by atoms with E-state index < -0.39 is 0 Å². The van der Waals surface area contributed by atoms with Gasteiger partial charge in [0.2, 0.25) is 5.91 Å². The number of nitrogens with one attached hydrogen (secondary N) is 1. The molecule has 0 aliphatic carbocycles. The van der Waals surface area contributed by atoms with Crippen LogP contribution >= 0.6 is 23.9 Å². The van der Waals surface area contributed by atoms with E-state index in [2.05, 4.69) is 20.9 Å². The number of carbonyl (C=O) groups excluding carboxylic acids is 1. The minimum absolute atomic E-state index is 0.0614. The minimum atomic E-state index is -0.142. The molecule has 1 unspecified atom stereocenters. The summed E-state index contributed by atoms with van der Waals surface area (Å²) in [6.07, 6.45) is 2.84. The van der Waals surface area contributed by atoms with Crippen LogP contribution in [-0.2, 0) is 14.3 Å². The topological polar surface area (TPSA) is 50.8 Å². The van der Waals surface area contributed by atoms with Gasteiger partial charge in [-0.3, -0.25) is 4.79 Å². The normalized spacial score (nSPS) is 18.3. The largest absolute Gasteiger partial charge is 0.369 e. The van der Waals surface area contributed by atoms with E-state index in [1.807, 2.05) is 13.2 Å². The van der Waals surface area contributed by atoms with Crippen molar-refractivity contribution < 1.29 is 14.3 Å². The maximum absolute atomic E-state index is 11.3. The van der Waals surface area contributed by atoms with Gasteiger partial charge in [0.25, 0.3) is 0 Å². The van der Waals surface area contributed by atoms with E-state index in [0.29, 0.717) is 19.8 Å². The highest BCUT2D eigenvalue weighted by atomic mass is 32.2. The van der Waals surface area contributed by atoms with Gasteiger partial charge in [0.1, 0.15) is 12.0 Å². The molecule has 1 atom stereocenters. The molecule has 0 aromatic heterocycles. The molecule has 5 nitrogen and oxygen atoms in total. The van der Waals surface area contributed by atoms with Crippen molar-refractivity contribution in [3.8, 4) is 11.8 Å². The summed E-state index contributed by atoms with van der Waals surface area (Å²) in [7, 11) is 0. The zero-order valence-corrected chi connectivity index (χ0v) is 12.9. The summed E-state index contributed by atoms with van der Waals surface area (Å²) < 4.78 is 12.9. The Morgan fingerprint density at radius 3 is 3.00 bits per heavy atom. The summed E-state index contributed by atoms with van der Waals surface area (Å²) in [5.74, 6) is 5.57. The third-order valence-electron chi connectivity index (χ3n) is 2.18. The Hall–Kier alpha value is -0.390. The van der Waals surface area contributed by atoms with Crippen LogP contribution in [0.25, 0.3) is 0 Å². The lowest BCUT2D eigenvalue weighted by molar-refractivity contribution is -0.126. The van der Waals surface area contributed by atoms with Crippen LogP contribution in [0, 0.1) is 11.8 Å². The molecule has 19 heavy (non-hydrogen) atoms. The average molecular weight is 304 g/mol. The molecule has 1 amide bonds. The average Bonchev–Trinajstić information content (AvgIpc) is 2.36. The fourth-order valence-electron chi connectivity index (χ4n) is 1.23. The Morgan fingerprint density at radius 1 is 1.53 bits per heavy atom. The van der Waals surface area contributed by atoms with E-state index in [1.54, 1.807) is 23.9 Å². The van der Waals surface area contributed by atoms with Crippen molar-refractivity contribution in [1.82, 2.24) is 9.03 Å². The van der Waals surface area contributed by atoms with Crippen LogP contribution in [0.3, 0.4) is 0 Å². The van der Waals surface area contributed by atoms with Gasteiger partial charge < -0.3 is 14.8 Å². The Kier molecular flexibility index (Phi) is 9.12. The molecule has 108 valence electrons. The van der Waals surface area contributed by atoms with E-state index in [0.717, 1.165) is 13.0 Å². The summed E-state index contributed by atoms with van der Waals surface area (Å²) in [6, 6.07) is 0. The lowest BCUT2D eigenvalue weighted by atomic mass is 10.4. The van der Waals surface area contributed by atoms with Gasteiger partial charge in [0, 0.05) is 6.42 Å². The summed E-state index contributed by atoms with van der Waals surface area (Å²) in [4.78, 5) is 11.3.